The van der Waals surface area contributed by atoms with Gasteiger partial charge in [0.25, 0.3) is 11.8 Å². The van der Waals surface area contributed by atoms with Crippen molar-refractivity contribution in [2.45, 2.75) is 37.4 Å². The number of hydrogen-bond acceptors (Lipinski definition) is 14. The van der Waals surface area contributed by atoms with Gasteiger partial charge in [-0.2, -0.15) is 9.36 Å². The molecule has 1 fully saturated rings. The van der Waals surface area contributed by atoms with Crippen molar-refractivity contribution in [1.29, 1.82) is 0 Å². The number of aliphatic carboxylic acids is 2. The molecule has 22 heteroatoms. The number of hydrogen-bond donors (Lipinski definition) is 8. The maximum Gasteiger partial charge on any atom is 0.352 e. The minimum atomic E-state index is -1.82. The Morgan fingerprint density at radius 3 is 2.58 bits per heavy atom. The van der Waals surface area contributed by atoms with Gasteiger partial charge in [0.15, 0.2) is 23.2 Å². The molecule has 0 bridgehead atoms. The second kappa shape index (κ2) is 13.0. The van der Waals surface area contributed by atoms with Gasteiger partial charge in [0, 0.05) is 35.9 Å². The van der Waals surface area contributed by atoms with Crippen molar-refractivity contribution < 1.29 is 43.7 Å². The Hall–Kier alpha value is -4.96. The van der Waals surface area contributed by atoms with Gasteiger partial charge in [-0.25, -0.2) is 14.4 Å². The van der Waals surface area contributed by atoms with Crippen molar-refractivity contribution >= 4 is 75.4 Å². The van der Waals surface area contributed by atoms with E-state index in [2.05, 4.69) is 30.5 Å². The molecule has 2 aliphatic rings. The van der Waals surface area contributed by atoms with Crippen LogP contribution in [0.1, 0.15) is 19.7 Å². The number of aromatic nitrogens is 4. The van der Waals surface area contributed by atoms with Crippen molar-refractivity contribution in [3.63, 3.8) is 0 Å². The predicted octanol–water partition coefficient (Wildman–Crippen LogP) is -2.57. The Balaban J connectivity index is 1.54. The number of fused-ring (bicyclic) bond motifs is 1. The molecule has 1 saturated heterocycles. The van der Waals surface area contributed by atoms with Crippen LogP contribution < -0.4 is 37.8 Å². The lowest BCUT2D eigenvalue weighted by Crippen LogP contribution is -2.71. The van der Waals surface area contributed by atoms with E-state index in [1.165, 1.54) is 36.5 Å². The van der Waals surface area contributed by atoms with Crippen LogP contribution in [0.2, 0.25) is 0 Å². The predicted molar refractivity (Wildman–Crippen MR) is 159 cm³/mol. The molecule has 45 heavy (non-hydrogen) atoms. The molecule has 0 aliphatic carbocycles. The van der Waals surface area contributed by atoms with Crippen molar-refractivity contribution in [3.05, 3.63) is 23.3 Å². The molecule has 2 aromatic rings. The molecule has 0 unspecified atom stereocenters. The van der Waals surface area contributed by atoms with Gasteiger partial charge in [0.1, 0.15) is 17.1 Å². The van der Waals surface area contributed by atoms with E-state index in [9.17, 15) is 34.2 Å². The number of carboxylic acids is 2. The fourth-order valence-corrected chi connectivity index (χ4v) is 5.91. The van der Waals surface area contributed by atoms with Crippen LogP contribution in [-0.4, -0.2) is 101 Å². The molecule has 0 radical (unpaired) electrons. The Kier molecular flexibility index (Phi) is 9.48. The number of nitrogens with zero attached hydrogens (tertiary/aromatic N) is 6. The molecule has 242 valence electrons. The van der Waals surface area contributed by atoms with Gasteiger partial charge < -0.3 is 42.9 Å². The van der Waals surface area contributed by atoms with Gasteiger partial charge >= 0.3 is 18.0 Å². The monoisotopic (exact) mass is 667 g/mol. The minimum Gasteiger partial charge on any atom is -0.478 e. The molecule has 11 N–H and O–H groups in total. The van der Waals surface area contributed by atoms with E-state index in [4.69, 9.17) is 22.0 Å². The number of oxime groups is 1. The third kappa shape index (κ3) is 6.76. The van der Waals surface area contributed by atoms with E-state index < -0.39 is 52.5 Å². The molecule has 4 rings (SSSR count). The number of β-lactam (4-membered cyclic amide) rings is 1. The van der Waals surface area contributed by atoms with Gasteiger partial charge in [0.2, 0.25) is 23.3 Å². The van der Waals surface area contributed by atoms with Crippen LogP contribution in [0.25, 0.3) is 0 Å². The lowest BCUT2D eigenvalue weighted by atomic mass is 10.0. The number of carbonyl (C=O) groups excluding carboxylic acids is 3. The fourth-order valence-electron chi connectivity index (χ4n) is 4.14. The molecule has 0 saturated carbocycles. The zero-order valence-electron chi connectivity index (χ0n) is 24.1. The summed E-state index contributed by atoms with van der Waals surface area (Å²) in [5, 5.41) is 29.9. The smallest absolute Gasteiger partial charge is 0.352 e. The van der Waals surface area contributed by atoms with Crippen molar-refractivity contribution in [2.24, 2.45) is 17.9 Å². The number of nitrogen functional groups attached to an aromatic ring is 2. The largest absolute Gasteiger partial charge is 0.478 e. The highest BCUT2D eigenvalue weighted by Crippen LogP contribution is 2.40. The minimum absolute atomic E-state index is 0.00361. The van der Waals surface area contributed by atoms with Crippen molar-refractivity contribution in [3.8, 4) is 0 Å². The SMILES string of the molecule is Cn1c(N)c(NC(=O)NCCN)c[n+]1CC1=C(C(=O)O)N2C(=O)[C@@H](NC(=O)C(=NOC(C)(C)C(=O)O)c3nsc(N)n3)[C@H]2SC1. The van der Waals surface area contributed by atoms with Gasteiger partial charge in [-0.1, -0.05) is 5.16 Å². The van der Waals surface area contributed by atoms with E-state index in [-0.39, 0.29) is 53.5 Å². The van der Waals surface area contributed by atoms with E-state index in [0.717, 1.165) is 16.4 Å². The number of nitrogens with one attached hydrogen (secondary N) is 3. The summed E-state index contributed by atoms with van der Waals surface area (Å²) in [5.74, 6) is -4.28. The summed E-state index contributed by atoms with van der Waals surface area (Å²) in [6.07, 6.45) is 1.52. The Morgan fingerprint density at radius 1 is 1.27 bits per heavy atom. The van der Waals surface area contributed by atoms with Gasteiger partial charge in [-0.3, -0.25) is 19.8 Å². The Bertz CT molecular complexity index is 1620. The highest BCUT2D eigenvalue weighted by atomic mass is 32.2. The first-order valence-corrected chi connectivity index (χ1v) is 14.9. The topological polar surface area (TPSA) is 299 Å². The van der Waals surface area contributed by atoms with Crippen molar-refractivity contribution in [1.82, 2.24) is 29.6 Å². The maximum absolute atomic E-state index is 13.3. The number of anilines is 3. The quantitative estimate of drug-likeness (QED) is 0.0500. The van der Waals surface area contributed by atoms with E-state index in [1.807, 2.05) is 0 Å². The molecule has 4 heterocycles. The summed E-state index contributed by atoms with van der Waals surface area (Å²) < 4.78 is 7.00. The van der Waals surface area contributed by atoms with E-state index in [1.54, 1.807) is 11.7 Å². The molecule has 4 amide bonds. The highest BCUT2D eigenvalue weighted by Gasteiger charge is 2.55. The first-order valence-electron chi connectivity index (χ1n) is 13.1. The zero-order valence-corrected chi connectivity index (χ0v) is 25.8. The van der Waals surface area contributed by atoms with Crippen LogP contribution in [0.5, 0.6) is 0 Å². The van der Waals surface area contributed by atoms with Crippen LogP contribution >= 0.6 is 23.3 Å². The molecule has 0 spiro atoms. The number of nitrogens with two attached hydrogens (primary N) is 3. The number of carboxylic acid groups (broad SMARTS) is 2. The fraction of sp³-hybridized carbons (Fsp3) is 0.435. The summed E-state index contributed by atoms with van der Waals surface area (Å²) in [6.45, 7) is 2.92. The second-order valence-corrected chi connectivity index (χ2v) is 12.0. The van der Waals surface area contributed by atoms with Crippen molar-refractivity contribution in [2.75, 3.05) is 35.6 Å². The lowest BCUT2D eigenvalue weighted by molar-refractivity contribution is -0.765. The van der Waals surface area contributed by atoms with E-state index >= 15 is 0 Å². The molecular formula is C23H31N12O8S2+. The van der Waals surface area contributed by atoms with Crippen LogP contribution in [-0.2, 0) is 37.6 Å². The van der Waals surface area contributed by atoms with Gasteiger partial charge in [-0.15, -0.1) is 21.1 Å². The van der Waals surface area contributed by atoms with Gasteiger partial charge in [0.05, 0.1) is 7.05 Å². The highest BCUT2D eigenvalue weighted by molar-refractivity contribution is 8.00. The second-order valence-electron chi connectivity index (χ2n) is 10.1. The molecule has 2 aliphatic heterocycles. The van der Waals surface area contributed by atoms with Crippen LogP contribution in [0, 0.1) is 0 Å². The molecule has 0 aromatic carbocycles. The summed E-state index contributed by atoms with van der Waals surface area (Å²) >= 11 is 1.96. The van der Waals surface area contributed by atoms with Gasteiger partial charge in [-0.05, 0) is 13.8 Å². The number of urea groups is 1. The number of amides is 4. The number of thioether (sulfide) groups is 1. The summed E-state index contributed by atoms with van der Waals surface area (Å²) in [4.78, 5) is 72.4. The average molecular weight is 668 g/mol. The number of carbonyl (C=O) groups is 5. The first-order chi connectivity index (χ1) is 21.2. The molecule has 20 nitrogen and oxygen atoms in total. The zero-order chi connectivity index (χ0) is 33.2. The third-order valence-corrected chi connectivity index (χ3v) is 8.49. The van der Waals surface area contributed by atoms with Crippen LogP contribution in [0.15, 0.2) is 22.6 Å². The molecule has 2 atom stereocenters. The van der Waals surface area contributed by atoms with Crippen LogP contribution in [0.4, 0.5) is 21.4 Å². The standard InChI is InChI=1S/C23H30N12O8S2/c1-23(2,20(40)41)43-31-11(15-30-21(26)45-32-15)16(36)29-12-17(37)35-13(19(38)39)9(8-44-18(12)35)6-34-7-10(14(25)33(34)3)28-22(42)27-5-4-24/h7,12,18,25H,4-6,8,24H2,1-3H3,(H7,26,27,28,29,30,32,36,38,39,40,41,42)/p+1/t12-,18-/m1/s1. The maximum atomic E-state index is 13.3. The first kappa shape index (κ1) is 32.9. The average Bonchev–Trinajstić information content (AvgIpc) is 3.52. The molecule has 2 aromatic heterocycles. The number of rotatable bonds is 12. The summed E-state index contributed by atoms with van der Waals surface area (Å²) in [5.41, 5.74) is 15.2. The normalized spacial score (nSPS) is 18.2. The summed E-state index contributed by atoms with van der Waals surface area (Å²) in [7, 11) is 1.61. The Morgan fingerprint density at radius 2 is 1.98 bits per heavy atom. The van der Waals surface area contributed by atoms with Crippen LogP contribution in [0.3, 0.4) is 0 Å². The lowest BCUT2D eigenvalue weighted by Gasteiger charge is -2.49. The molecular weight excluding hydrogens is 636 g/mol. The Labute approximate surface area is 262 Å². The third-order valence-electron chi connectivity index (χ3n) is 6.60. The summed E-state index contributed by atoms with van der Waals surface area (Å²) in [6, 6.07) is -1.68. The van der Waals surface area contributed by atoms with E-state index in [0.29, 0.717) is 5.57 Å².